The number of nitrogen functional groups attached to an aromatic ring is 1. The fourth-order valence-electron chi connectivity index (χ4n) is 3.76. The van der Waals surface area contributed by atoms with Crippen molar-refractivity contribution in [3.8, 4) is 0 Å². The van der Waals surface area contributed by atoms with Crippen molar-refractivity contribution in [3.05, 3.63) is 18.5 Å². The Bertz CT molecular complexity index is 703. The summed E-state index contributed by atoms with van der Waals surface area (Å²) in [6, 6.07) is 4.47. The maximum absolute atomic E-state index is 5.78. The average Bonchev–Trinajstić information content (AvgIpc) is 2.88. The maximum atomic E-state index is 5.78. The molecule has 0 unspecified atom stereocenters. The summed E-state index contributed by atoms with van der Waals surface area (Å²) in [5, 5.41) is 0.978. The minimum atomic E-state index is 0.494. The second kappa shape index (κ2) is 6.86. The lowest BCUT2D eigenvalue weighted by atomic mass is 10.1. The largest absolute Gasteiger partial charge is 0.384 e. The molecule has 24 heavy (non-hydrogen) atoms. The Labute approximate surface area is 141 Å². The molecule has 0 radical (unpaired) electrons. The molecule has 2 aliphatic heterocycles. The smallest absolute Gasteiger partial charge is 0.166 e. The van der Waals surface area contributed by atoms with Crippen LogP contribution in [0.15, 0.2) is 18.5 Å². The first kappa shape index (κ1) is 15.5. The first-order chi connectivity index (χ1) is 11.8. The lowest BCUT2D eigenvalue weighted by Gasteiger charge is -2.33. The standard InChI is InChI=1S/C17H24N6O/c18-15-3-2-14-16(21-15)19-12-20-17(14)23-7-1-6-22(8-9-23)13-4-10-24-11-5-13/h2-3,12-13H,1,4-11H2,(H2,18,19,20,21). The Balaban J connectivity index is 1.53. The molecule has 4 heterocycles. The molecule has 0 amide bonds. The zero-order valence-electron chi connectivity index (χ0n) is 13.9. The number of fused-ring (bicyclic) bond motifs is 1. The molecule has 128 valence electrons. The van der Waals surface area contributed by atoms with Crippen molar-refractivity contribution in [1.82, 2.24) is 19.9 Å². The van der Waals surface area contributed by atoms with Crippen LogP contribution in [0.3, 0.4) is 0 Å². The van der Waals surface area contributed by atoms with E-state index in [-0.39, 0.29) is 0 Å². The maximum Gasteiger partial charge on any atom is 0.166 e. The van der Waals surface area contributed by atoms with Gasteiger partial charge in [-0.15, -0.1) is 0 Å². The van der Waals surface area contributed by atoms with E-state index in [4.69, 9.17) is 10.5 Å². The van der Waals surface area contributed by atoms with Crippen LogP contribution in [0.5, 0.6) is 0 Å². The quantitative estimate of drug-likeness (QED) is 0.890. The number of rotatable bonds is 2. The third kappa shape index (κ3) is 3.14. The van der Waals surface area contributed by atoms with Gasteiger partial charge in [0.05, 0.1) is 5.39 Å². The highest BCUT2D eigenvalue weighted by Crippen LogP contribution is 2.24. The highest BCUT2D eigenvalue weighted by Gasteiger charge is 2.25. The van der Waals surface area contributed by atoms with Gasteiger partial charge in [-0.25, -0.2) is 15.0 Å². The van der Waals surface area contributed by atoms with Crippen molar-refractivity contribution in [3.63, 3.8) is 0 Å². The summed E-state index contributed by atoms with van der Waals surface area (Å²) in [6.45, 7) is 6.00. The van der Waals surface area contributed by atoms with Crippen LogP contribution >= 0.6 is 0 Å². The first-order valence-electron chi connectivity index (χ1n) is 8.75. The zero-order chi connectivity index (χ0) is 16.4. The number of aromatic nitrogens is 3. The van der Waals surface area contributed by atoms with E-state index in [1.807, 2.05) is 12.1 Å². The summed E-state index contributed by atoms with van der Waals surface area (Å²) in [7, 11) is 0. The minimum absolute atomic E-state index is 0.494. The second-order valence-corrected chi connectivity index (χ2v) is 6.52. The van der Waals surface area contributed by atoms with Crippen molar-refractivity contribution in [1.29, 1.82) is 0 Å². The Morgan fingerprint density at radius 3 is 2.79 bits per heavy atom. The van der Waals surface area contributed by atoms with Crippen LogP contribution < -0.4 is 10.6 Å². The van der Waals surface area contributed by atoms with Crippen molar-refractivity contribution < 1.29 is 4.74 Å². The van der Waals surface area contributed by atoms with Gasteiger partial charge in [0.15, 0.2) is 5.65 Å². The number of nitrogens with two attached hydrogens (primary N) is 1. The second-order valence-electron chi connectivity index (χ2n) is 6.52. The molecule has 0 spiro atoms. The average molecular weight is 328 g/mol. The van der Waals surface area contributed by atoms with Gasteiger partial charge in [0.2, 0.25) is 0 Å². The van der Waals surface area contributed by atoms with Gasteiger partial charge in [-0.2, -0.15) is 0 Å². The van der Waals surface area contributed by atoms with Crippen molar-refractivity contribution in [2.75, 3.05) is 50.0 Å². The Morgan fingerprint density at radius 2 is 1.92 bits per heavy atom. The Morgan fingerprint density at radius 1 is 1.04 bits per heavy atom. The van der Waals surface area contributed by atoms with E-state index >= 15 is 0 Å². The summed E-state index contributed by atoms with van der Waals surface area (Å²) < 4.78 is 5.50. The molecule has 0 bridgehead atoms. The molecule has 0 saturated carbocycles. The number of hydrogen-bond acceptors (Lipinski definition) is 7. The summed E-state index contributed by atoms with van der Waals surface area (Å²) in [6.07, 6.45) is 5.04. The molecule has 2 N–H and O–H groups in total. The van der Waals surface area contributed by atoms with E-state index in [0.29, 0.717) is 17.5 Å². The number of nitrogens with zero attached hydrogens (tertiary/aromatic N) is 5. The van der Waals surface area contributed by atoms with Crippen molar-refractivity contribution >= 4 is 22.7 Å². The van der Waals surface area contributed by atoms with Crippen LogP contribution in [-0.4, -0.2) is 65.3 Å². The van der Waals surface area contributed by atoms with Gasteiger partial charge in [0.1, 0.15) is 18.0 Å². The molecule has 2 aromatic heterocycles. The van der Waals surface area contributed by atoms with Crippen LogP contribution in [0.1, 0.15) is 19.3 Å². The summed E-state index contributed by atoms with van der Waals surface area (Å²) in [5.41, 5.74) is 6.45. The van der Waals surface area contributed by atoms with Crippen LogP contribution in [0.25, 0.3) is 11.0 Å². The molecular weight excluding hydrogens is 304 g/mol. The number of hydrogen-bond donors (Lipinski definition) is 1. The normalized spacial score (nSPS) is 21.1. The molecule has 0 aromatic carbocycles. The summed E-state index contributed by atoms with van der Waals surface area (Å²) in [4.78, 5) is 18.1. The molecule has 0 atom stereocenters. The SMILES string of the molecule is Nc1ccc2c(N3CCCN(C4CCOCC4)CC3)ncnc2n1. The van der Waals surface area contributed by atoms with Crippen LogP contribution in [0.4, 0.5) is 11.6 Å². The van der Waals surface area contributed by atoms with Crippen LogP contribution in [-0.2, 0) is 4.74 Å². The van der Waals surface area contributed by atoms with Gasteiger partial charge < -0.3 is 15.4 Å². The molecule has 4 rings (SSSR count). The monoisotopic (exact) mass is 328 g/mol. The van der Waals surface area contributed by atoms with Crippen LogP contribution in [0.2, 0.25) is 0 Å². The van der Waals surface area contributed by atoms with E-state index in [1.165, 1.54) is 0 Å². The van der Waals surface area contributed by atoms with E-state index in [0.717, 1.165) is 69.9 Å². The highest BCUT2D eigenvalue weighted by molar-refractivity contribution is 5.87. The fourth-order valence-corrected chi connectivity index (χ4v) is 3.76. The Kier molecular flexibility index (Phi) is 4.44. The number of pyridine rings is 1. The van der Waals surface area contributed by atoms with E-state index < -0.39 is 0 Å². The van der Waals surface area contributed by atoms with E-state index in [1.54, 1.807) is 6.33 Å². The molecular formula is C17H24N6O. The third-order valence-corrected chi connectivity index (χ3v) is 5.03. The fraction of sp³-hybridized carbons (Fsp3) is 0.588. The van der Waals surface area contributed by atoms with Gasteiger partial charge in [0, 0.05) is 45.4 Å². The van der Waals surface area contributed by atoms with Crippen molar-refractivity contribution in [2.45, 2.75) is 25.3 Å². The minimum Gasteiger partial charge on any atom is -0.384 e. The molecule has 0 aliphatic carbocycles. The number of ether oxygens (including phenoxy) is 1. The third-order valence-electron chi connectivity index (χ3n) is 5.03. The molecule has 2 fully saturated rings. The van der Waals surface area contributed by atoms with Crippen LogP contribution in [0, 0.1) is 0 Å². The van der Waals surface area contributed by atoms with Gasteiger partial charge >= 0.3 is 0 Å². The van der Waals surface area contributed by atoms with Gasteiger partial charge in [0.25, 0.3) is 0 Å². The predicted molar refractivity (Wildman–Crippen MR) is 94.0 cm³/mol. The first-order valence-corrected chi connectivity index (χ1v) is 8.75. The Hall–Kier alpha value is -1.99. The van der Waals surface area contributed by atoms with E-state index in [2.05, 4.69) is 24.8 Å². The summed E-state index contributed by atoms with van der Waals surface area (Å²) >= 11 is 0. The molecule has 2 aliphatic rings. The van der Waals surface area contributed by atoms with Gasteiger partial charge in [-0.3, -0.25) is 4.90 Å². The molecule has 2 aromatic rings. The molecule has 7 heteroatoms. The lowest BCUT2D eigenvalue weighted by Crippen LogP contribution is -2.41. The van der Waals surface area contributed by atoms with E-state index in [9.17, 15) is 0 Å². The van der Waals surface area contributed by atoms with Crippen molar-refractivity contribution in [2.24, 2.45) is 0 Å². The lowest BCUT2D eigenvalue weighted by molar-refractivity contribution is 0.0365. The zero-order valence-corrected chi connectivity index (χ0v) is 13.9. The van der Waals surface area contributed by atoms with Gasteiger partial charge in [-0.05, 0) is 31.4 Å². The highest BCUT2D eigenvalue weighted by atomic mass is 16.5. The topological polar surface area (TPSA) is 80.4 Å². The number of anilines is 2. The predicted octanol–water partition coefficient (Wildman–Crippen LogP) is 1.30. The van der Waals surface area contributed by atoms with Gasteiger partial charge in [-0.1, -0.05) is 0 Å². The molecule has 2 saturated heterocycles. The molecule has 7 nitrogen and oxygen atoms in total. The summed E-state index contributed by atoms with van der Waals surface area (Å²) in [5.74, 6) is 1.47.